The van der Waals surface area contributed by atoms with Gasteiger partial charge >= 0.3 is 0 Å². The van der Waals surface area contributed by atoms with Gasteiger partial charge in [-0.3, -0.25) is 9.78 Å². The molecule has 1 aliphatic carbocycles. The molecule has 2 aromatic carbocycles. The van der Waals surface area contributed by atoms with Crippen LogP contribution < -0.4 is 5.32 Å². The van der Waals surface area contributed by atoms with Crippen LogP contribution >= 0.6 is 0 Å². The number of anilines is 1. The normalized spacial score (nSPS) is 20.3. The van der Waals surface area contributed by atoms with Crippen LogP contribution in [0.15, 0.2) is 65.2 Å². The number of aromatic nitrogens is 1. The summed E-state index contributed by atoms with van der Waals surface area (Å²) in [5.41, 5.74) is 6.10. The molecule has 7 nitrogen and oxygen atoms in total. The second kappa shape index (κ2) is 8.26. The minimum atomic E-state index is -0.0467. The summed E-state index contributed by atoms with van der Waals surface area (Å²) in [6, 6.07) is 19.8. The van der Waals surface area contributed by atoms with Crippen LogP contribution in [-0.4, -0.2) is 49.1 Å². The van der Waals surface area contributed by atoms with E-state index in [1.54, 1.807) is 37.3 Å². The molecule has 2 atom stereocenters. The van der Waals surface area contributed by atoms with Gasteiger partial charge in [-0.2, -0.15) is 5.26 Å². The van der Waals surface area contributed by atoms with Crippen LogP contribution in [0, 0.1) is 23.2 Å². The highest BCUT2D eigenvalue weighted by Gasteiger charge is 2.54. The first-order valence-corrected chi connectivity index (χ1v) is 11.6. The predicted octanol–water partition coefficient (Wildman–Crippen LogP) is 4.79. The Morgan fingerprint density at radius 3 is 2.51 bits per heavy atom. The first-order chi connectivity index (χ1) is 17.0. The Labute approximate surface area is 202 Å². The third-order valence-electron chi connectivity index (χ3n) is 6.96. The van der Waals surface area contributed by atoms with E-state index in [0.29, 0.717) is 40.3 Å². The minimum absolute atomic E-state index is 0.0467. The molecule has 1 saturated heterocycles. The predicted molar refractivity (Wildman–Crippen MR) is 133 cm³/mol. The highest BCUT2D eigenvalue weighted by molar-refractivity contribution is 5.95. The fourth-order valence-corrected chi connectivity index (χ4v) is 4.91. The maximum atomic E-state index is 12.2. The molecule has 1 aliphatic heterocycles. The van der Waals surface area contributed by atoms with Gasteiger partial charge in [0, 0.05) is 60.9 Å². The maximum absolute atomic E-state index is 12.2. The molecule has 4 aromatic rings. The van der Waals surface area contributed by atoms with Crippen molar-refractivity contribution in [2.75, 3.05) is 32.6 Å². The quantitative estimate of drug-likeness (QED) is 0.457. The molecule has 174 valence electrons. The fourth-order valence-electron chi connectivity index (χ4n) is 4.91. The van der Waals surface area contributed by atoms with Gasteiger partial charge in [0.05, 0.1) is 24.5 Å². The molecule has 1 N–H and O–H groups in total. The van der Waals surface area contributed by atoms with Crippen molar-refractivity contribution in [2.24, 2.45) is 11.8 Å². The smallest absolute Gasteiger partial charge is 0.253 e. The molecular formula is C28H24N4O3. The zero-order valence-electron chi connectivity index (χ0n) is 19.5. The number of hydrogen-bond donors (Lipinski definition) is 1. The number of nitrogens with one attached hydrogen (secondary N) is 1. The van der Waals surface area contributed by atoms with Crippen molar-refractivity contribution in [3.63, 3.8) is 0 Å². The fraction of sp³-hybridized carbons (Fsp3) is 0.250. The van der Waals surface area contributed by atoms with Crippen molar-refractivity contribution >= 4 is 22.7 Å². The molecule has 1 saturated carbocycles. The molecule has 6 rings (SSSR count). The van der Waals surface area contributed by atoms with E-state index in [9.17, 15) is 10.1 Å². The number of carbonyl (C=O) groups excluding carboxylic acids is 1. The first kappa shape index (κ1) is 21.4. The monoisotopic (exact) mass is 464 g/mol. The van der Waals surface area contributed by atoms with E-state index in [-0.39, 0.29) is 5.91 Å². The molecule has 2 aliphatic rings. The summed E-state index contributed by atoms with van der Waals surface area (Å²) in [5.74, 6) is 1.73. The van der Waals surface area contributed by atoms with Crippen molar-refractivity contribution in [1.82, 2.24) is 9.88 Å². The second-order valence-electron chi connectivity index (χ2n) is 9.37. The lowest BCUT2D eigenvalue weighted by Crippen LogP contribution is -2.21. The number of ether oxygens (including phenoxy) is 1. The molecule has 2 aromatic heterocycles. The lowest BCUT2D eigenvalue weighted by atomic mass is 10.0. The summed E-state index contributed by atoms with van der Waals surface area (Å²) in [4.78, 5) is 18.2. The number of carbonyl (C=O) groups is 1. The number of benzene rings is 2. The third kappa shape index (κ3) is 3.72. The van der Waals surface area contributed by atoms with E-state index in [4.69, 9.17) is 9.15 Å². The summed E-state index contributed by atoms with van der Waals surface area (Å²) in [7, 11) is 3.46. The maximum Gasteiger partial charge on any atom is 0.253 e. The number of fused-ring (bicyclic) bond motifs is 2. The summed E-state index contributed by atoms with van der Waals surface area (Å²) in [6.07, 6.45) is 1.75. The lowest BCUT2D eigenvalue weighted by Gasteiger charge is -2.12. The average Bonchev–Trinajstić information content (AvgIpc) is 3.24. The lowest BCUT2D eigenvalue weighted by molar-refractivity contribution is 0.0827. The van der Waals surface area contributed by atoms with E-state index in [1.165, 1.54) is 0 Å². The second-order valence-corrected chi connectivity index (χ2v) is 9.37. The van der Waals surface area contributed by atoms with Crippen molar-refractivity contribution in [1.29, 1.82) is 5.26 Å². The van der Waals surface area contributed by atoms with Crippen LogP contribution in [0.4, 0.5) is 5.69 Å². The van der Waals surface area contributed by atoms with Crippen LogP contribution in [0.5, 0.6) is 0 Å². The van der Waals surface area contributed by atoms with Gasteiger partial charge in [-0.15, -0.1) is 0 Å². The summed E-state index contributed by atoms with van der Waals surface area (Å²) < 4.78 is 11.7. The van der Waals surface area contributed by atoms with E-state index >= 15 is 0 Å². The number of amides is 1. The van der Waals surface area contributed by atoms with E-state index in [2.05, 4.69) is 16.4 Å². The van der Waals surface area contributed by atoms with Gasteiger partial charge in [-0.05, 0) is 35.9 Å². The number of pyridine rings is 1. The van der Waals surface area contributed by atoms with Crippen LogP contribution in [-0.2, 0) is 4.74 Å². The van der Waals surface area contributed by atoms with Crippen molar-refractivity contribution in [3.05, 3.63) is 71.9 Å². The molecular weight excluding hydrogens is 440 g/mol. The zero-order valence-corrected chi connectivity index (χ0v) is 19.5. The largest absolute Gasteiger partial charge is 0.454 e. The summed E-state index contributed by atoms with van der Waals surface area (Å²) in [5, 5.41) is 13.3. The molecule has 0 radical (unpaired) electrons. The van der Waals surface area contributed by atoms with Crippen molar-refractivity contribution < 1.29 is 13.9 Å². The molecule has 0 spiro atoms. The van der Waals surface area contributed by atoms with Crippen molar-refractivity contribution in [3.8, 4) is 28.5 Å². The molecule has 1 amide bonds. The number of hydrogen-bond acceptors (Lipinski definition) is 6. The van der Waals surface area contributed by atoms with Crippen LogP contribution in [0.3, 0.4) is 0 Å². The first-order valence-electron chi connectivity index (χ1n) is 11.6. The zero-order chi connectivity index (χ0) is 24.1. The standard InChI is InChI=1S/C28H24N4O3/c1-32(2)28(33)17-5-3-16(4-6-17)25-12-24-27(35-25)20(9-10-30-24)18-7-8-23(19(11-18)13-29)31-26-21-14-34-15-22(21)26/h3-12,21-22,26,31H,14-15H2,1-2H3. The number of furan rings is 1. The van der Waals surface area contributed by atoms with E-state index in [0.717, 1.165) is 41.1 Å². The van der Waals surface area contributed by atoms with Gasteiger partial charge in [-0.25, -0.2) is 0 Å². The van der Waals surface area contributed by atoms with Gasteiger partial charge in [0.25, 0.3) is 5.91 Å². The van der Waals surface area contributed by atoms with Crippen molar-refractivity contribution in [2.45, 2.75) is 6.04 Å². The van der Waals surface area contributed by atoms with E-state index < -0.39 is 0 Å². The summed E-state index contributed by atoms with van der Waals surface area (Å²) in [6.45, 7) is 1.60. The highest BCUT2D eigenvalue weighted by atomic mass is 16.5. The van der Waals surface area contributed by atoms with Crippen LogP contribution in [0.1, 0.15) is 15.9 Å². The molecule has 35 heavy (non-hydrogen) atoms. The van der Waals surface area contributed by atoms with Gasteiger partial charge in [-0.1, -0.05) is 18.2 Å². The van der Waals surface area contributed by atoms with Crippen LogP contribution in [0.25, 0.3) is 33.6 Å². The van der Waals surface area contributed by atoms with Gasteiger partial charge in [0.15, 0.2) is 5.58 Å². The minimum Gasteiger partial charge on any atom is -0.454 e. The molecule has 7 heteroatoms. The van der Waals surface area contributed by atoms with Gasteiger partial charge < -0.3 is 19.4 Å². The molecule has 0 bridgehead atoms. The van der Waals surface area contributed by atoms with Gasteiger partial charge in [0.2, 0.25) is 0 Å². The number of nitriles is 1. The molecule has 2 unspecified atom stereocenters. The Hall–Kier alpha value is -4.15. The Balaban J connectivity index is 1.31. The number of rotatable bonds is 5. The third-order valence-corrected chi connectivity index (χ3v) is 6.96. The summed E-state index contributed by atoms with van der Waals surface area (Å²) >= 11 is 0. The average molecular weight is 465 g/mol. The van der Waals surface area contributed by atoms with Crippen LogP contribution in [0.2, 0.25) is 0 Å². The highest BCUT2D eigenvalue weighted by Crippen LogP contribution is 2.46. The number of nitrogens with zero attached hydrogens (tertiary/aromatic N) is 3. The Kier molecular flexibility index (Phi) is 5.05. The molecule has 2 fully saturated rings. The topological polar surface area (TPSA) is 91.4 Å². The Morgan fingerprint density at radius 1 is 1.06 bits per heavy atom. The Bertz CT molecular complexity index is 1470. The van der Waals surface area contributed by atoms with E-state index in [1.807, 2.05) is 42.5 Å². The van der Waals surface area contributed by atoms with Gasteiger partial charge in [0.1, 0.15) is 17.3 Å². The SMILES string of the molecule is CN(C)C(=O)c1ccc(-c2cc3nccc(-c4ccc(NC5C6COCC65)c(C#N)c4)c3o2)cc1. The molecule has 3 heterocycles. The Morgan fingerprint density at radius 2 is 1.80 bits per heavy atom.